The van der Waals surface area contributed by atoms with Crippen LogP contribution in [0.25, 0.3) is 0 Å². The predicted molar refractivity (Wildman–Crippen MR) is 79.8 cm³/mol. The Morgan fingerprint density at radius 1 is 1.26 bits per heavy atom. The molecule has 1 aromatic carbocycles. The Hall–Kier alpha value is -2.44. The summed E-state index contributed by atoms with van der Waals surface area (Å²) in [6.07, 6.45) is 1.86. The van der Waals surface area contributed by atoms with Crippen LogP contribution in [0.2, 0.25) is 0 Å². The van der Waals surface area contributed by atoms with Gasteiger partial charge in [-0.05, 0) is 25.8 Å². The lowest BCUT2D eigenvalue weighted by molar-refractivity contribution is -0.138. The monoisotopic (exact) mass is 319 g/mol. The molecule has 7 heteroatoms. The summed E-state index contributed by atoms with van der Waals surface area (Å²) in [5.74, 6) is -1.44. The van der Waals surface area contributed by atoms with E-state index in [2.05, 4.69) is 5.32 Å². The normalized spacial score (nSPS) is 24.3. The predicted octanol–water partition coefficient (Wildman–Crippen LogP) is 1.22. The van der Waals surface area contributed by atoms with Crippen LogP contribution in [0, 0.1) is 5.82 Å². The largest absolute Gasteiger partial charge is 0.341 e. The van der Waals surface area contributed by atoms with Crippen molar-refractivity contribution in [2.24, 2.45) is 0 Å². The molecule has 4 amide bonds. The second-order valence-electron chi connectivity index (χ2n) is 6.01. The fourth-order valence-electron chi connectivity index (χ4n) is 3.09. The van der Waals surface area contributed by atoms with Crippen LogP contribution in [0.5, 0.6) is 0 Å². The number of imide groups is 1. The summed E-state index contributed by atoms with van der Waals surface area (Å²) < 4.78 is 14.0. The molecule has 122 valence electrons. The molecule has 2 aliphatic rings. The molecular formula is C16H18FN3O3. The third kappa shape index (κ3) is 2.56. The van der Waals surface area contributed by atoms with Gasteiger partial charge in [-0.1, -0.05) is 18.2 Å². The standard InChI is InChI=1S/C16H18FN3O3/c1-16(11-6-2-3-7-12(11)17)14(22)20(15(23)18-16)10-13(21)19-8-4-5-9-19/h2-3,6-7H,4-5,8-10H2,1H3,(H,18,23). The summed E-state index contributed by atoms with van der Waals surface area (Å²) in [5.41, 5.74) is -1.40. The van der Waals surface area contributed by atoms with E-state index in [-0.39, 0.29) is 18.0 Å². The Morgan fingerprint density at radius 2 is 1.91 bits per heavy atom. The van der Waals surface area contributed by atoms with E-state index in [0.29, 0.717) is 13.1 Å². The number of urea groups is 1. The quantitative estimate of drug-likeness (QED) is 0.852. The van der Waals surface area contributed by atoms with Crippen molar-refractivity contribution in [1.29, 1.82) is 0 Å². The number of hydrogen-bond acceptors (Lipinski definition) is 3. The fourth-order valence-corrected chi connectivity index (χ4v) is 3.09. The molecule has 0 radical (unpaired) electrons. The van der Waals surface area contributed by atoms with Crippen molar-refractivity contribution in [1.82, 2.24) is 15.1 Å². The Kier molecular flexibility index (Phi) is 3.79. The van der Waals surface area contributed by atoms with Crippen LogP contribution in [0.4, 0.5) is 9.18 Å². The number of hydrogen-bond donors (Lipinski definition) is 1. The van der Waals surface area contributed by atoms with E-state index in [9.17, 15) is 18.8 Å². The topological polar surface area (TPSA) is 69.7 Å². The number of rotatable bonds is 3. The van der Waals surface area contributed by atoms with Crippen molar-refractivity contribution < 1.29 is 18.8 Å². The average molecular weight is 319 g/mol. The molecule has 1 atom stereocenters. The lowest BCUT2D eigenvalue weighted by Crippen LogP contribution is -2.44. The van der Waals surface area contributed by atoms with Crippen LogP contribution in [-0.4, -0.2) is 47.3 Å². The highest BCUT2D eigenvalue weighted by Gasteiger charge is 2.50. The third-order valence-corrected chi connectivity index (χ3v) is 4.44. The summed E-state index contributed by atoms with van der Waals surface area (Å²) >= 11 is 0. The van der Waals surface area contributed by atoms with Crippen LogP contribution in [0.1, 0.15) is 25.3 Å². The van der Waals surface area contributed by atoms with Gasteiger partial charge in [0.2, 0.25) is 5.91 Å². The van der Waals surface area contributed by atoms with E-state index < -0.39 is 23.3 Å². The number of nitrogens with one attached hydrogen (secondary N) is 1. The molecule has 0 saturated carbocycles. The van der Waals surface area contributed by atoms with Crippen molar-refractivity contribution in [2.75, 3.05) is 19.6 Å². The van der Waals surface area contributed by atoms with Gasteiger partial charge in [0.05, 0.1) is 0 Å². The molecule has 1 unspecified atom stereocenters. The van der Waals surface area contributed by atoms with E-state index in [1.165, 1.54) is 25.1 Å². The molecular weight excluding hydrogens is 301 g/mol. The number of benzene rings is 1. The second-order valence-corrected chi connectivity index (χ2v) is 6.01. The van der Waals surface area contributed by atoms with Gasteiger partial charge in [-0.2, -0.15) is 0 Å². The molecule has 0 aromatic heterocycles. The van der Waals surface area contributed by atoms with Crippen molar-refractivity contribution in [3.8, 4) is 0 Å². The van der Waals surface area contributed by atoms with E-state index in [1.807, 2.05) is 0 Å². The highest BCUT2D eigenvalue weighted by molar-refractivity contribution is 6.09. The van der Waals surface area contributed by atoms with E-state index in [4.69, 9.17) is 0 Å². The highest BCUT2D eigenvalue weighted by Crippen LogP contribution is 2.30. The maximum Gasteiger partial charge on any atom is 0.325 e. The van der Waals surface area contributed by atoms with Gasteiger partial charge in [0.1, 0.15) is 17.9 Å². The molecule has 0 bridgehead atoms. The molecule has 1 N–H and O–H groups in total. The number of likely N-dealkylation sites (tertiary alicyclic amines) is 1. The summed E-state index contributed by atoms with van der Waals surface area (Å²) in [5, 5.41) is 2.51. The molecule has 0 aliphatic carbocycles. The molecule has 2 aliphatic heterocycles. The number of carbonyl (C=O) groups is 3. The van der Waals surface area contributed by atoms with Gasteiger partial charge in [-0.3, -0.25) is 14.5 Å². The molecule has 0 spiro atoms. The smallest absolute Gasteiger partial charge is 0.325 e. The van der Waals surface area contributed by atoms with Crippen LogP contribution in [0.3, 0.4) is 0 Å². The summed E-state index contributed by atoms with van der Waals surface area (Å²) in [7, 11) is 0. The zero-order chi connectivity index (χ0) is 16.6. The van der Waals surface area contributed by atoms with Crippen molar-refractivity contribution >= 4 is 17.8 Å². The first-order valence-corrected chi connectivity index (χ1v) is 7.60. The number of amides is 4. The average Bonchev–Trinajstić information content (AvgIpc) is 3.12. The van der Waals surface area contributed by atoms with Gasteiger partial charge in [0.25, 0.3) is 5.91 Å². The number of halogens is 1. The maximum atomic E-state index is 14.0. The third-order valence-electron chi connectivity index (χ3n) is 4.44. The van der Waals surface area contributed by atoms with E-state index in [1.54, 1.807) is 11.0 Å². The zero-order valence-electron chi connectivity index (χ0n) is 12.8. The van der Waals surface area contributed by atoms with Gasteiger partial charge in [-0.25, -0.2) is 9.18 Å². The number of nitrogens with zero attached hydrogens (tertiary/aromatic N) is 2. The van der Waals surface area contributed by atoms with Crippen LogP contribution >= 0.6 is 0 Å². The minimum atomic E-state index is -1.49. The minimum absolute atomic E-state index is 0.0921. The van der Waals surface area contributed by atoms with Crippen LogP contribution in [-0.2, 0) is 15.1 Å². The summed E-state index contributed by atoms with van der Waals surface area (Å²) in [6, 6.07) is 5.13. The van der Waals surface area contributed by atoms with E-state index in [0.717, 1.165) is 17.7 Å². The first-order valence-electron chi connectivity index (χ1n) is 7.60. The summed E-state index contributed by atoms with van der Waals surface area (Å²) in [4.78, 5) is 39.5. The molecule has 1 aromatic rings. The first-order chi connectivity index (χ1) is 10.9. The van der Waals surface area contributed by atoms with Gasteiger partial charge in [0, 0.05) is 18.7 Å². The molecule has 2 saturated heterocycles. The van der Waals surface area contributed by atoms with Crippen molar-refractivity contribution in [3.05, 3.63) is 35.6 Å². The van der Waals surface area contributed by atoms with Gasteiger partial charge >= 0.3 is 6.03 Å². The zero-order valence-corrected chi connectivity index (χ0v) is 12.8. The molecule has 2 fully saturated rings. The Labute approximate surface area is 133 Å². The Balaban J connectivity index is 1.82. The molecule has 23 heavy (non-hydrogen) atoms. The maximum absolute atomic E-state index is 14.0. The second kappa shape index (κ2) is 5.64. The lowest BCUT2D eigenvalue weighted by atomic mass is 9.91. The number of carbonyl (C=O) groups excluding carboxylic acids is 3. The SMILES string of the molecule is CC1(c2ccccc2F)NC(=O)N(CC(=O)N2CCCC2)C1=O. The van der Waals surface area contributed by atoms with Crippen molar-refractivity contribution in [3.63, 3.8) is 0 Å². The highest BCUT2D eigenvalue weighted by atomic mass is 19.1. The first kappa shape index (κ1) is 15.5. The van der Waals surface area contributed by atoms with Gasteiger partial charge < -0.3 is 10.2 Å². The Morgan fingerprint density at radius 3 is 2.57 bits per heavy atom. The van der Waals surface area contributed by atoms with Gasteiger partial charge in [-0.15, -0.1) is 0 Å². The molecule has 6 nitrogen and oxygen atoms in total. The van der Waals surface area contributed by atoms with Gasteiger partial charge in [0.15, 0.2) is 0 Å². The van der Waals surface area contributed by atoms with Crippen LogP contribution in [0.15, 0.2) is 24.3 Å². The molecule has 3 rings (SSSR count). The lowest BCUT2D eigenvalue weighted by Gasteiger charge is -2.23. The van der Waals surface area contributed by atoms with Crippen LogP contribution < -0.4 is 5.32 Å². The fraction of sp³-hybridized carbons (Fsp3) is 0.438. The summed E-state index contributed by atoms with van der Waals surface area (Å²) in [6.45, 7) is 2.43. The Bertz CT molecular complexity index is 672. The van der Waals surface area contributed by atoms with E-state index >= 15 is 0 Å². The molecule has 2 heterocycles. The minimum Gasteiger partial charge on any atom is -0.341 e. The van der Waals surface area contributed by atoms with Crippen molar-refractivity contribution in [2.45, 2.75) is 25.3 Å².